The van der Waals surface area contributed by atoms with Crippen LogP contribution < -0.4 is 0 Å². The second-order valence-electron chi connectivity index (χ2n) is 6.00. The van der Waals surface area contributed by atoms with Gasteiger partial charge in [-0.15, -0.1) is 0 Å². The zero-order valence-corrected chi connectivity index (χ0v) is 13.0. The van der Waals surface area contributed by atoms with Crippen molar-refractivity contribution in [3.8, 4) is 5.75 Å². The predicted molar refractivity (Wildman–Crippen MR) is 81.1 cm³/mol. The summed E-state index contributed by atoms with van der Waals surface area (Å²) in [4.78, 5) is 13.8. The van der Waals surface area contributed by atoms with Crippen LogP contribution in [-0.4, -0.2) is 40.0 Å². The summed E-state index contributed by atoms with van der Waals surface area (Å²) >= 11 is 0. The summed E-state index contributed by atoms with van der Waals surface area (Å²) < 4.78 is 5.40. The number of carbonyl (C=O) groups is 1. The molecule has 0 aromatic heterocycles. The van der Waals surface area contributed by atoms with Gasteiger partial charge < -0.3 is 19.8 Å². The van der Waals surface area contributed by atoms with E-state index in [1.165, 1.54) is 0 Å². The Morgan fingerprint density at radius 2 is 1.81 bits per heavy atom. The van der Waals surface area contributed by atoms with Crippen LogP contribution in [0.5, 0.6) is 5.75 Å². The first-order valence-electron chi connectivity index (χ1n) is 7.18. The number of hydrogen-bond donors (Lipinski definition) is 2. The molecule has 0 unspecified atom stereocenters. The van der Waals surface area contributed by atoms with Gasteiger partial charge >= 0.3 is 6.09 Å². The number of unbranched alkanes of at least 4 members (excludes halogenated alkanes) is 1. The van der Waals surface area contributed by atoms with Crippen molar-refractivity contribution < 1.29 is 19.7 Å². The fourth-order valence-electron chi connectivity index (χ4n) is 1.80. The Balaban J connectivity index is 2.71. The van der Waals surface area contributed by atoms with Gasteiger partial charge in [0.05, 0.1) is 0 Å². The van der Waals surface area contributed by atoms with Crippen LogP contribution in [0.2, 0.25) is 0 Å². The number of phenolic OH excluding ortho intramolecular Hbond substituents is 1. The Hall–Kier alpha value is -1.75. The van der Waals surface area contributed by atoms with Crippen LogP contribution in [0.1, 0.15) is 39.2 Å². The molecule has 21 heavy (non-hydrogen) atoms. The highest BCUT2D eigenvalue weighted by molar-refractivity contribution is 5.68. The van der Waals surface area contributed by atoms with E-state index in [1.54, 1.807) is 29.2 Å². The molecule has 1 amide bonds. The number of hydrogen-bond acceptors (Lipinski definition) is 4. The SMILES string of the molecule is CC(C)(C)OC(=O)N(CCCCO)Cc1ccc(O)cc1. The maximum atomic E-state index is 12.2. The van der Waals surface area contributed by atoms with Gasteiger partial charge in [0.1, 0.15) is 11.4 Å². The van der Waals surface area contributed by atoms with Gasteiger partial charge in [-0.25, -0.2) is 4.79 Å². The molecule has 0 saturated heterocycles. The third kappa shape index (κ3) is 6.99. The molecule has 118 valence electrons. The van der Waals surface area contributed by atoms with Gasteiger partial charge in [0, 0.05) is 19.7 Å². The van der Waals surface area contributed by atoms with Gasteiger partial charge in [-0.1, -0.05) is 12.1 Å². The van der Waals surface area contributed by atoms with Crippen molar-refractivity contribution in [3.63, 3.8) is 0 Å². The average Bonchev–Trinajstić information content (AvgIpc) is 2.38. The zero-order valence-electron chi connectivity index (χ0n) is 13.0. The summed E-state index contributed by atoms with van der Waals surface area (Å²) in [6.07, 6.45) is 0.997. The van der Waals surface area contributed by atoms with E-state index in [-0.39, 0.29) is 18.4 Å². The molecule has 0 aliphatic heterocycles. The first kappa shape index (κ1) is 17.3. The van der Waals surface area contributed by atoms with E-state index < -0.39 is 5.60 Å². The Morgan fingerprint density at radius 3 is 2.33 bits per heavy atom. The van der Waals surface area contributed by atoms with Crippen molar-refractivity contribution in [3.05, 3.63) is 29.8 Å². The van der Waals surface area contributed by atoms with Crippen LogP contribution in [0.3, 0.4) is 0 Å². The second-order valence-corrected chi connectivity index (χ2v) is 6.00. The molecule has 0 saturated carbocycles. The summed E-state index contributed by atoms with van der Waals surface area (Å²) in [5.41, 5.74) is 0.379. The molecular weight excluding hydrogens is 270 g/mol. The van der Waals surface area contributed by atoms with E-state index in [0.29, 0.717) is 25.9 Å². The Kier molecular flexibility index (Phi) is 6.49. The van der Waals surface area contributed by atoms with Gasteiger partial charge in [-0.05, 0) is 51.3 Å². The summed E-state index contributed by atoms with van der Waals surface area (Å²) in [5.74, 6) is 0.197. The molecule has 0 aliphatic rings. The molecule has 0 radical (unpaired) electrons. The third-order valence-corrected chi connectivity index (χ3v) is 2.80. The lowest BCUT2D eigenvalue weighted by Crippen LogP contribution is -2.37. The molecule has 0 spiro atoms. The van der Waals surface area contributed by atoms with Crippen molar-refractivity contribution in [2.75, 3.05) is 13.2 Å². The van der Waals surface area contributed by atoms with E-state index in [0.717, 1.165) is 5.56 Å². The molecule has 0 bridgehead atoms. The standard InChI is InChI=1S/C16H25NO4/c1-16(2,3)21-15(20)17(10-4-5-11-18)12-13-6-8-14(19)9-7-13/h6-9,18-19H,4-5,10-12H2,1-3H3. The Morgan fingerprint density at radius 1 is 1.19 bits per heavy atom. The normalized spacial score (nSPS) is 11.2. The molecule has 5 heteroatoms. The monoisotopic (exact) mass is 295 g/mol. The molecule has 0 heterocycles. The van der Waals surface area contributed by atoms with Crippen LogP contribution in [0.4, 0.5) is 4.79 Å². The van der Waals surface area contributed by atoms with E-state index >= 15 is 0 Å². The van der Waals surface area contributed by atoms with Crippen molar-refractivity contribution in [1.82, 2.24) is 4.90 Å². The lowest BCUT2D eigenvalue weighted by Gasteiger charge is -2.27. The molecule has 1 rings (SSSR count). The van der Waals surface area contributed by atoms with Crippen LogP contribution in [0.15, 0.2) is 24.3 Å². The molecule has 5 nitrogen and oxygen atoms in total. The highest BCUT2D eigenvalue weighted by Crippen LogP contribution is 2.15. The largest absolute Gasteiger partial charge is 0.508 e. The Labute approximate surface area is 126 Å². The van der Waals surface area contributed by atoms with E-state index in [2.05, 4.69) is 0 Å². The second kappa shape index (κ2) is 7.88. The average molecular weight is 295 g/mol. The quantitative estimate of drug-likeness (QED) is 0.792. The van der Waals surface area contributed by atoms with Gasteiger partial charge in [0.25, 0.3) is 0 Å². The van der Waals surface area contributed by atoms with Gasteiger partial charge in [0.2, 0.25) is 0 Å². The summed E-state index contributed by atoms with van der Waals surface area (Å²) in [6.45, 7) is 6.55. The maximum Gasteiger partial charge on any atom is 0.410 e. The topological polar surface area (TPSA) is 70.0 Å². The third-order valence-electron chi connectivity index (χ3n) is 2.80. The first-order valence-corrected chi connectivity index (χ1v) is 7.18. The highest BCUT2D eigenvalue weighted by atomic mass is 16.6. The molecule has 1 aromatic rings. The number of carbonyl (C=O) groups excluding carboxylic acids is 1. The summed E-state index contributed by atoms with van der Waals surface area (Å²) in [6, 6.07) is 6.74. The number of aliphatic hydroxyl groups excluding tert-OH is 1. The minimum Gasteiger partial charge on any atom is -0.508 e. The van der Waals surface area contributed by atoms with Crippen LogP contribution >= 0.6 is 0 Å². The molecule has 0 fully saturated rings. The smallest absolute Gasteiger partial charge is 0.410 e. The molecule has 1 aromatic carbocycles. The predicted octanol–water partition coefficient (Wildman–Crippen LogP) is 2.90. The fraction of sp³-hybridized carbons (Fsp3) is 0.562. The maximum absolute atomic E-state index is 12.2. The lowest BCUT2D eigenvalue weighted by molar-refractivity contribution is 0.0228. The molecular formula is C16H25NO4. The van der Waals surface area contributed by atoms with Crippen LogP contribution in [0, 0.1) is 0 Å². The summed E-state index contributed by atoms with van der Waals surface area (Å²) in [5, 5.41) is 18.2. The van der Waals surface area contributed by atoms with Crippen LogP contribution in [-0.2, 0) is 11.3 Å². The number of rotatable bonds is 6. The van der Waals surface area contributed by atoms with Crippen molar-refractivity contribution >= 4 is 6.09 Å². The fourth-order valence-corrected chi connectivity index (χ4v) is 1.80. The van der Waals surface area contributed by atoms with Crippen LogP contribution in [0.25, 0.3) is 0 Å². The zero-order chi connectivity index (χ0) is 15.9. The summed E-state index contributed by atoms with van der Waals surface area (Å²) in [7, 11) is 0. The van der Waals surface area contributed by atoms with Crippen molar-refractivity contribution in [1.29, 1.82) is 0 Å². The van der Waals surface area contributed by atoms with Crippen molar-refractivity contribution in [2.24, 2.45) is 0 Å². The molecule has 0 aliphatic carbocycles. The number of benzene rings is 1. The molecule has 2 N–H and O–H groups in total. The van der Waals surface area contributed by atoms with E-state index in [4.69, 9.17) is 9.84 Å². The highest BCUT2D eigenvalue weighted by Gasteiger charge is 2.22. The number of amides is 1. The van der Waals surface area contributed by atoms with Gasteiger partial charge in [-0.3, -0.25) is 0 Å². The van der Waals surface area contributed by atoms with Gasteiger partial charge in [0.15, 0.2) is 0 Å². The van der Waals surface area contributed by atoms with E-state index in [1.807, 2.05) is 20.8 Å². The first-order chi connectivity index (χ1) is 9.81. The number of aliphatic hydroxyl groups is 1. The number of ether oxygens (including phenoxy) is 1. The number of aromatic hydroxyl groups is 1. The molecule has 0 atom stereocenters. The minimum atomic E-state index is -0.540. The van der Waals surface area contributed by atoms with Gasteiger partial charge in [-0.2, -0.15) is 0 Å². The Bertz CT molecular complexity index is 437. The van der Waals surface area contributed by atoms with Crippen molar-refractivity contribution in [2.45, 2.75) is 45.8 Å². The van der Waals surface area contributed by atoms with E-state index in [9.17, 15) is 9.90 Å². The minimum absolute atomic E-state index is 0.112. The number of nitrogens with zero attached hydrogens (tertiary/aromatic N) is 1. The number of phenols is 1. The lowest BCUT2D eigenvalue weighted by atomic mass is 10.2.